The van der Waals surface area contributed by atoms with Gasteiger partial charge in [0.2, 0.25) is 0 Å². The summed E-state index contributed by atoms with van der Waals surface area (Å²) in [6.45, 7) is -0.143. The molecule has 2 aromatic rings. The number of aliphatic hydroxyl groups is 1. The fourth-order valence-corrected chi connectivity index (χ4v) is 1.73. The van der Waals surface area contributed by atoms with Crippen LogP contribution in [0.3, 0.4) is 0 Å². The first-order chi connectivity index (χ1) is 9.69. The molecule has 0 bridgehead atoms. The molecule has 0 atom stereocenters. The van der Waals surface area contributed by atoms with Crippen LogP contribution in [0.2, 0.25) is 0 Å². The van der Waals surface area contributed by atoms with Crippen molar-refractivity contribution in [2.75, 3.05) is 7.11 Å². The quantitative estimate of drug-likeness (QED) is 0.853. The summed E-state index contributed by atoms with van der Waals surface area (Å²) in [6.07, 6.45) is 0.521. The first kappa shape index (κ1) is 14.0. The molecule has 0 saturated carbocycles. The maximum Gasteiger partial charge on any atom is 0.173 e. The second kappa shape index (κ2) is 6.16. The molecule has 0 amide bonds. The lowest BCUT2D eigenvalue weighted by molar-refractivity contribution is 0.112. The van der Waals surface area contributed by atoms with Crippen molar-refractivity contribution < 1.29 is 23.8 Å². The molecule has 4 nitrogen and oxygen atoms in total. The number of carbonyl (C=O) groups is 1. The summed E-state index contributed by atoms with van der Waals surface area (Å²) >= 11 is 0. The molecule has 2 rings (SSSR count). The van der Waals surface area contributed by atoms with Crippen molar-refractivity contribution in [3.05, 3.63) is 53.3 Å². The maximum atomic E-state index is 13.7. The van der Waals surface area contributed by atoms with Gasteiger partial charge in [-0.3, -0.25) is 4.79 Å². The average Bonchev–Trinajstić information content (AvgIpc) is 2.49. The minimum absolute atomic E-state index is 0.110. The normalized spacial score (nSPS) is 10.2. The Bertz CT molecular complexity index is 625. The molecule has 0 saturated heterocycles. The third kappa shape index (κ3) is 2.78. The molecule has 0 spiro atoms. The van der Waals surface area contributed by atoms with E-state index in [9.17, 15) is 9.18 Å². The van der Waals surface area contributed by atoms with Gasteiger partial charge in [-0.05, 0) is 29.8 Å². The van der Waals surface area contributed by atoms with Gasteiger partial charge in [0.25, 0.3) is 0 Å². The van der Waals surface area contributed by atoms with Gasteiger partial charge in [0.1, 0.15) is 0 Å². The molecule has 0 aliphatic carbocycles. The van der Waals surface area contributed by atoms with Gasteiger partial charge in [0.15, 0.2) is 29.4 Å². The molecule has 1 N–H and O–H groups in total. The van der Waals surface area contributed by atoms with E-state index in [-0.39, 0.29) is 23.7 Å². The molecule has 0 heterocycles. The van der Waals surface area contributed by atoms with Gasteiger partial charge in [-0.15, -0.1) is 0 Å². The number of methoxy groups -OCH3 is 1. The molecule has 0 radical (unpaired) electrons. The van der Waals surface area contributed by atoms with Crippen molar-refractivity contribution in [1.29, 1.82) is 0 Å². The zero-order valence-corrected chi connectivity index (χ0v) is 10.8. The van der Waals surface area contributed by atoms with Crippen molar-refractivity contribution in [1.82, 2.24) is 0 Å². The lowest BCUT2D eigenvalue weighted by atomic mass is 10.2. The highest BCUT2D eigenvalue weighted by Gasteiger charge is 2.13. The predicted octanol–water partition coefficient (Wildman–Crippen LogP) is 2.93. The number of halogens is 1. The van der Waals surface area contributed by atoms with E-state index in [2.05, 4.69) is 0 Å². The van der Waals surface area contributed by atoms with E-state index >= 15 is 0 Å². The molecular weight excluding hydrogens is 263 g/mol. The topological polar surface area (TPSA) is 55.8 Å². The molecule has 104 valence electrons. The Labute approximate surface area is 115 Å². The molecular formula is C15H13FO4. The van der Waals surface area contributed by atoms with Gasteiger partial charge >= 0.3 is 0 Å². The van der Waals surface area contributed by atoms with E-state index < -0.39 is 5.82 Å². The predicted molar refractivity (Wildman–Crippen MR) is 70.8 cm³/mol. The number of benzene rings is 2. The number of aldehydes is 1. The summed E-state index contributed by atoms with van der Waals surface area (Å²) in [5.41, 5.74) is 0.747. The summed E-state index contributed by atoms with van der Waals surface area (Å²) in [4.78, 5) is 10.9. The summed E-state index contributed by atoms with van der Waals surface area (Å²) in [6, 6.07) is 8.84. The number of rotatable bonds is 5. The Balaban J connectivity index is 2.42. The van der Waals surface area contributed by atoms with Crippen LogP contribution in [-0.2, 0) is 6.61 Å². The first-order valence-corrected chi connectivity index (χ1v) is 5.89. The average molecular weight is 276 g/mol. The highest BCUT2D eigenvalue weighted by Crippen LogP contribution is 2.34. The monoisotopic (exact) mass is 276 g/mol. The number of hydrogen-bond donors (Lipinski definition) is 1. The summed E-state index contributed by atoms with van der Waals surface area (Å²) in [5, 5.41) is 9.06. The van der Waals surface area contributed by atoms with E-state index in [4.69, 9.17) is 14.6 Å². The van der Waals surface area contributed by atoms with Gasteiger partial charge in [0.05, 0.1) is 19.3 Å². The molecule has 0 fully saturated rings. The van der Waals surface area contributed by atoms with Gasteiger partial charge in [0, 0.05) is 0 Å². The Hall–Kier alpha value is -2.40. The molecule has 0 unspecified atom stereocenters. The zero-order chi connectivity index (χ0) is 14.5. The van der Waals surface area contributed by atoms with Crippen LogP contribution in [0.1, 0.15) is 15.9 Å². The Morgan fingerprint density at radius 1 is 1.25 bits per heavy atom. The molecule has 0 aliphatic heterocycles. The Kier molecular flexibility index (Phi) is 4.32. The van der Waals surface area contributed by atoms with Crippen LogP contribution in [0.4, 0.5) is 4.39 Å². The molecule has 20 heavy (non-hydrogen) atoms. The van der Waals surface area contributed by atoms with Crippen LogP contribution in [0.15, 0.2) is 36.4 Å². The Morgan fingerprint density at radius 2 is 2.05 bits per heavy atom. The second-order valence-electron chi connectivity index (χ2n) is 4.02. The smallest absolute Gasteiger partial charge is 0.173 e. The van der Waals surface area contributed by atoms with Crippen LogP contribution < -0.4 is 9.47 Å². The van der Waals surface area contributed by atoms with E-state index in [1.165, 1.54) is 25.3 Å². The van der Waals surface area contributed by atoms with Crippen LogP contribution >= 0.6 is 0 Å². The fraction of sp³-hybridized carbons (Fsp3) is 0.133. The third-order valence-electron chi connectivity index (χ3n) is 2.75. The van der Waals surface area contributed by atoms with E-state index in [1.54, 1.807) is 18.2 Å². The lowest BCUT2D eigenvalue weighted by Crippen LogP contribution is -1.97. The van der Waals surface area contributed by atoms with Crippen molar-refractivity contribution in [3.8, 4) is 17.2 Å². The number of carbonyl (C=O) groups excluding carboxylic acids is 1. The fourth-order valence-electron chi connectivity index (χ4n) is 1.73. The lowest BCUT2D eigenvalue weighted by Gasteiger charge is -2.13. The minimum atomic E-state index is -0.636. The van der Waals surface area contributed by atoms with Gasteiger partial charge in [-0.1, -0.05) is 12.1 Å². The molecule has 0 aromatic heterocycles. The van der Waals surface area contributed by atoms with Crippen LogP contribution in [0.25, 0.3) is 0 Å². The second-order valence-corrected chi connectivity index (χ2v) is 4.02. The maximum absolute atomic E-state index is 13.7. The largest absolute Gasteiger partial charge is 0.493 e. The highest BCUT2D eigenvalue weighted by molar-refractivity contribution is 5.79. The number of ether oxygens (including phenoxy) is 2. The number of hydrogen-bond acceptors (Lipinski definition) is 4. The van der Waals surface area contributed by atoms with E-state index in [1.807, 2.05) is 0 Å². The van der Waals surface area contributed by atoms with Gasteiger partial charge in [-0.2, -0.15) is 0 Å². The minimum Gasteiger partial charge on any atom is -0.493 e. The Morgan fingerprint density at radius 3 is 2.70 bits per heavy atom. The van der Waals surface area contributed by atoms with Crippen molar-refractivity contribution >= 4 is 6.29 Å². The first-order valence-electron chi connectivity index (χ1n) is 5.89. The number of aliphatic hydroxyl groups excluding tert-OH is 1. The van der Waals surface area contributed by atoms with Crippen molar-refractivity contribution in [2.45, 2.75) is 6.61 Å². The van der Waals surface area contributed by atoms with E-state index in [0.717, 1.165) is 0 Å². The molecule has 2 aromatic carbocycles. The van der Waals surface area contributed by atoms with Crippen molar-refractivity contribution in [2.24, 2.45) is 0 Å². The standard InChI is InChI=1S/C15H13FO4/c1-19-14-7-10(8-17)5-6-13(14)20-15-11(9-18)3-2-4-12(15)16/h2-7,9,17H,8H2,1H3. The van der Waals surface area contributed by atoms with Gasteiger partial charge < -0.3 is 14.6 Å². The number of para-hydroxylation sites is 1. The SMILES string of the molecule is COc1cc(CO)ccc1Oc1c(F)cccc1C=O. The van der Waals surface area contributed by atoms with Crippen LogP contribution in [0, 0.1) is 5.82 Å². The summed E-state index contributed by atoms with van der Waals surface area (Å²) in [5.74, 6) is -0.185. The van der Waals surface area contributed by atoms with Crippen LogP contribution in [0.5, 0.6) is 17.2 Å². The van der Waals surface area contributed by atoms with Crippen LogP contribution in [-0.4, -0.2) is 18.5 Å². The van der Waals surface area contributed by atoms with Crippen molar-refractivity contribution in [3.63, 3.8) is 0 Å². The van der Waals surface area contributed by atoms with Gasteiger partial charge in [-0.25, -0.2) is 4.39 Å². The summed E-state index contributed by atoms with van der Waals surface area (Å²) < 4.78 is 24.3. The van der Waals surface area contributed by atoms with E-state index in [0.29, 0.717) is 17.6 Å². The molecule has 5 heteroatoms. The molecule has 0 aliphatic rings. The summed E-state index contributed by atoms with van der Waals surface area (Å²) in [7, 11) is 1.44. The highest BCUT2D eigenvalue weighted by atomic mass is 19.1. The third-order valence-corrected chi connectivity index (χ3v) is 2.75. The zero-order valence-electron chi connectivity index (χ0n) is 10.8.